The molecule has 0 saturated carbocycles. The first-order chi connectivity index (χ1) is 9.01. The summed E-state index contributed by atoms with van der Waals surface area (Å²) < 4.78 is 5.86. The van der Waals surface area contributed by atoms with Gasteiger partial charge in [-0.3, -0.25) is 4.99 Å². The summed E-state index contributed by atoms with van der Waals surface area (Å²) in [5.41, 5.74) is 6.09. The highest BCUT2D eigenvalue weighted by Gasteiger charge is 2.48. The Morgan fingerprint density at radius 1 is 1.53 bits per heavy atom. The van der Waals surface area contributed by atoms with Gasteiger partial charge in [-0.2, -0.15) is 0 Å². The highest BCUT2D eigenvalue weighted by Crippen LogP contribution is 2.40. The first-order valence-electron chi connectivity index (χ1n) is 6.75. The second kappa shape index (κ2) is 4.49. The second-order valence-electron chi connectivity index (χ2n) is 6.10. The van der Waals surface area contributed by atoms with Crippen LogP contribution in [0.5, 0.6) is 0 Å². The predicted octanol–water partition coefficient (Wildman–Crippen LogP) is 2.21. The van der Waals surface area contributed by atoms with E-state index in [1.54, 1.807) is 11.3 Å². The van der Waals surface area contributed by atoms with E-state index in [0.29, 0.717) is 5.96 Å². The van der Waals surface area contributed by atoms with Crippen molar-refractivity contribution in [1.29, 1.82) is 0 Å². The normalized spacial score (nSPS) is 29.8. The maximum Gasteiger partial charge on any atom is 0.192 e. The van der Waals surface area contributed by atoms with Crippen molar-refractivity contribution in [2.45, 2.75) is 44.4 Å². The van der Waals surface area contributed by atoms with Gasteiger partial charge in [-0.05, 0) is 31.7 Å². The number of aliphatic imine (C=N–C) groups is 1. The first kappa shape index (κ1) is 12.9. The Morgan fingerprint density at radius 2 is 2.37 bits per heavy atom. The molecule has 1 unspecified atom stereocenters. The van der Waals surface area contributed by atoms with Crippen LogP contribution in [0.1, 0.15) is 31.6 Å². The van der Waals surface area contributed by atoms with Crippen molar-refractivity contribution in [3.05, 3.63) is 22.4 Å². The van der Waals surface area contributed by atoms with Crippen LogP contribution < -0.4 is 5.73 Å². The number of thiophene rings is 1. The number of ether oxygens (including phenoxy) is 1. The molecule has 2 N–H and O–H groups in total. The minimum absolute atomic E-state index is 0.0514. The van der Waals surface area contributed by atoms with Crippen molar-refractivity contribution in [3.8, 4) is 0 Å². The van der Waals surface area contributed by atoms with Gasteiger partial charge in [0.15, 0.2) is 5.96 Å². The summed E-state index contributed by atoms with van der Waals surface area (Å²) in [5.74, 6) is 0.686. The second-order valence-corrected chi connectivity index (χ2v) is 7.13. The van der Waals surface area contributed by atoms with E-state index >= 15 is 0 Å². The van der Waals surface area contributed by atoms with E-state index in [-0.39, 0.29) is 11.1 Å². The van der Waals surface area contributed by atoms with E-state index in [0.717, 1.165) is 32.5 Å². The summed E-state index contributed by atoms with van der Waals surface area (Å²) in [5, 5.41) is 2.11. The SMILES string of the molecule is CC1(C)CC2(CCO1)CN=C(N)N2Cc1cccs1. The Bertz CT molecular complexity index is 483. The fraction of sp³-hybridized carbons (Fsp3) is 0.643. The van der Waals surface area contributed by atoms with Crippen molar-refractivity contribution in [2.24, 2.45) is 10.7 Å². The average Bonchev–Trinajstić information content (AvgIpc) is 2.93. The third-order valence-corrected chi connectivity index (χ3v) is 4.95. The molecule has 0 radical (unpaired) electrons. The highest BCUT2D eigenvalue weighted by molar-refractivity contribution is 7.09. The monoisotopic (exact) mass is 279 g/mol. The Kier molecular flexibility index (Phi) is 3.06. The molecule has 3 rings (SSSR count). The highest BCUT2D eigenvalue weighted by atomic mass is 32.1. The summed E-state index contributed by atoms with van der Waals surface area (Å²) in [6, 6.07) is 4.25. The molecule has 1 spiro atoms. The third-order valence-electron chi connectivity index (χ3n) is 4.09. The van der Waals surface area contributed by atoms with Crippen molar-refractivity contribution in [3.63, 3.8) is 0 Å². The molecule has 2 aliphatic heterocycles. The van der Waals surface area contributed by atoms with E-state index < -0.39 is 0 Å². The maximum atomic E-state index is 6.13. The molecule has 4 nitrogen and oxygen atoms in total. The van der Waals surface area contributed by atoms with E-state index in [9.17, 15) is 0 Å². The molecule has 1 atom stereocenters. The lowest BCUT2D eigenvalue weighted by Gasteiger charge is -2.47. The summed E-state index contributed by atoms with van der Waals surface area (Å²) >= 11 is 1.78. The zero-order valence-electron chi connectivity index (χ0n) is 11.6. The number of hydrogen-bond donors (Lipinski definition) is 1. The van der Waals surface area contributed by atoms with Crippen LogP contribution in [0.2, 0.25) is 0 Å². The molecule has 5 heteroatoms. The summed E-state index contributed by atoms with van der Waals surface area (Å²) in [4.78, 5) is 8.14. The molecule has 1 saturated heterocycles. The Hall–Kier alpha value is -1.07. The lowest BCUT2D eigenvalue weighted by Crippen LogP contribution is -2.57. The van der Waals surface area contributed by atoms with Gasteiger partial charge in [0.2, 0.25) is 0 Å². The van der Waals surface area contributed by atoms with Gasteiger partial charge < -0.3 is 15.4 Å². The molecule has 1 fully saturated rings. The molecule has 0 amide bonds. The number of rotatable bonds is 2. The molecule has 0 bridgehead atoms. The maximum absolute atomic E-state index is 6.13. The van der Waals surface area contributed by atoms with Gasteiger partial charge in [0.25, 0.3) is 0 Å². The molecule has 2 aliphatic rings. The van der Waals surface area contributed by atoms with Crippen molar-refractivity contribution < 1.29 is 4.74 Å². The quantitative estimate of drug-likeness (QED) is 0.903. The van der Waals surface area contributed by atoms with Gasteiger partial charge in [0, 0.05) is 17.9 Å². The molecular weight excluding hydrogens is 258 g/mol. The number of nitrogens with zero attached hydrogens (tertiary/aromatic N) is 2. The minimum Gasteiger partial charge on any atom is -0.375 e. The van der Waals surface area contributed by atoms with Gasteiger partial charge in [0.05, 0.1) is 24.2 Å². The summed E-state index contributed by atoms with van der Waals surface area (Å²) in [6.07, 6.45) is 1.99. The number of hydrogen-bond acceptors (Lipinski definition) is 5. The van der Waals surface area contributed by atoms with Crippen LogP contribution in [0.3, 0.4) is 0 Å². The Morgan fingerprint density at radius 3 is 3.05 bits per heavy atom. The molecule has 1 aromatic heterocycles. The van der Waals surface area contributed by atoms with Crippen molar-refractivity contribution in [1.82, 2.24) is 4.90 Å². The molecule has 104 valence electrons. The van der Waals surface area contributed by atoms with Crippen molar-refractivity contribution in [2.75, 3.05) is 13.2 Å². The summed E-state index contributed by atoms with van der Waals surface area (Å²) in [7, 11) is 0. The zero-order valence-corrected chi connectivity index (χ0v) is 12.4. The van der Waals surface area contributed by atoms with Crippen LogP contribution in [0.15, 0.2) is 22.5 Å². The van der Waals surface area contributed by atoms with Gasteiger partial charge >= 0.3 is 0 Å². The van der Waals surface area contributed by atoms with Gasteiger partial charge in [-0.15, -0.1) is 11.3 Å². The van der Waals surface area contributed by atoms with Gasteiger partial charge in [-0.25, -0.2) is 0 Å². The first-order valence-corrected chi connectivity index (χ1v) is 7.63. The lowest BCUT2D eigenvalue weighted by molar-refractivity contribution is -0.102. The van der Waals surface area contributed by atoms with E-state index in [4.69, 9.17) is 10.5 Å². The fourth-order valence-corrected chi connectivity index (χ4v) is 3.96. The van der Waals surface area contributed by atoms with Crippen LogP contribution in [0.4, 0.5) is 0 Å². The molecule has 0 aliphatic carbocycles. The van der Waals surface area contributed by atoms with E-state index in [1.165, 1.54) is 4.88 Å². The topological polar surface area (TPSA) is 50.9 Å². The standard InChI is InChI=1S/C14H21N3OS/c1-13(2)9-14(5-6-18-13)10-16-12(15)17(14)8-11-4-3-7-19-11/h3-4,7H,5-6,8-10H2,1-2H3,(H2,15,16). The van der Waals surface area contributed by atoms with Gasteiger partial charge in [-0.1, -0.05) is 6.07 Å². The third kappa shape index (κ3) is 2.37. The largest absolute Gasteiger partial charge is 0.375 e. The summed E-state index contributed by atoms with van der Waals surface area (Å²) in [6.45, 7) is 6.77. The molecule has 1 aromatic rings. The van der Waals surface area contributed by atoms with Crippen LogP contribution in [-0.4, -0.2) is 35.2 Å². The van der Waals surface area contributed by atoms with Crippen molar-refractivity contribution >= 4 is 17.3 Å². The van der Waals surface area contributed by atoms with Crippen LogP contribution in [0, 0.1) is 0 Å². The smallest absolute Gasteiger partial charge is 0.192 e. The van der Waals surface area contributed by atoms with Crippen LogP contribution >= 0.6 is 11.3 Å². The number of guanidine groups is 1. The molecule has 0 aromatic carbocycles. The van der Waals surface area contributed by atoms with E-state index in [2.05, 4.69) is 41.3 Å². The lowest BCUT2D eigenvalue weighted by atomic mass is 9.80. The number of nitrogens with two attached hydrogens (primary N) is 1. The van der Waals surface area contributed by atoms with Crippen LogP contribution in [-0.2, 0) is 11.3 Å². The molecule has 3 heterocycles. The Balaban J connectivity index is 1.84. The molecular formula is C14H21N3OS. The van der Waals surface area contributed by atoms with Crippen LogP contribution in [0.25, 0.3) is 0 Å². The zero-order chi connectivity index (χ0) is 13.5. The predicted molar refractivity (Wildman–Crippen MR) is 78.3 cm³/mol. The minimum atomic E-state index is -0.0912. The fourth-order valence-electron chi connectivity index (χ4n) is 3.26. The Labute approximate surface area is 118 Å². The van der Waals surface area contributed by atoms with E-state index in [1.807, 2.05) is 0 Å². The molecule has 19 heavy (non-hydrogen) atoms. The van der Waals surface area contributed by atoms with Gasteiger partial charge in [0.1, 0.15) is 0 Å². The average molecular weight is 279 g/mol.